The van der Waals surface area contributed by atoms with Gasteiger partial charge < -0.3 is 10.1 Å². The van der Waals surface area contributed by atoms with Crippen LogP contribution in [-0.2, 0) is 10.0 Å². The molecule has 0 unspecified atom stereocenters. The summed E-state index contributed by atoms with van der Waals surface area (Å²) >= 11 is 1.50. The third kappa shape index (κ3) is 3.91. The van der Waals surface area contributed by atoms with E-state index in [2.05, 4.69) is 10.0 Å². The molecule has 2 aromatic carbocycles. The van der Waals surface area contributed by atoms with Crippen molar-refractivity contribution in [3.8, 4) is 16.2 Å². The number of thiophene rings is 1. The van der Waals surface area contributed by atoms with Crippen molar-refractivity contribution in [2.24, 2.45) is 0 Å². The maximum Gasteiger partial charge on any atom is 0.252 e. The van der Waals surface area contributed by atoms with Crippen molar-refractivity contribution in [1.29, 1.82) is 0 Å². The maximum absolute atomic E-state index is 13.2. The van der Waals surface area contributed by atoms with Crippen molar-refractivity contribution in [2.75, 3.05) is 13.7 Å². The summed E-state index contributed by atoms with van der Waals surface area (Å²) in [6, 6.07) is 15.8. The number of amides is 1. The van der Waals surface area contributed by atoms with Gasteiger partial charge in [0.2, 0.25) is 10.0 Å². The fourth-order valence-electron chi connectivity index (χ4n) is 3.37. The van der Waals surface area contributed by atoms with Gasteiger partial charge in [-0.1, -0.05) is 30.3 Å². The molecule has 0 fully saturated rings. The van der Waals surface area contributed by atoms with Gasteiger partial charge in [-0.15, -0.1) is 11.3 Å². The Labute approximate surface area is 173 Å². The highest BCUT2D eigenvalue weighted by Gasteiger charge is 2.25. The second kappa shape index (κ2) is 7.98. The molecule has 1 aromatic heterocycles. The Hall–Kier alpha value is -2.68. The highest BCUT2D eigenvalue weighted by molar-refractivity contribution is 7.89. The van der Waals surface area contributed by atoms with Crippen molar-refractivity contribution in [3.05, 3.63) is 71.1 Å². The number of benzene rings is 2. The van der Waals surface area contributed by atoms with Crippen LogP contribution in [0.25, 0.3) is 10.4 Å². The molecule has 2 N–H and O–H groups in total. The van der Waals surface area contributed by atoms with Crippen molar-refractivity contribution in [2.45, 2.75) is 17.4 Å². The van der Waals surface area contributed by atoms with Gasteiger partial charge in [-0.3, -0.25) is 4.79 Å². The summed E-state index contributed by atoms with van der Waals surface area (Å²) in [5, 5.41) is 4.98. The predicted octanol–water partition coefficient (Wildman–Crippen LogP) is 3.58. The minimum absolute atomic E-state index is 0.0535. The zero-order valence-electron chi connectivity index (χ0n) is 15.7. The minimum atomic E-state index is -3.67. The highest BCUT2D eigenvalue weighted by atomic mass is 32.2. The Balaban J connectivity index is 1.73. The van der Waals surface area contributed by atoms with Gasteiger partial charge in [0, 0.05) is 28.0 Å². The van der Waals surface area contributed by atoms with E-state index in [1.807, 2.05) is 41.8 Å². The number of fused-ring (bicyclic) bond motifs is 1. The Morgan fingerprint density at radius 3 is 2.72 bits per heavy atom. The Morgan fingerprint density at radius 2 is 1.97 bits per heavy atom. The van der Waals surface area contributed by atoms with Gasteiger partial charge >= 0.3 is 0 Å². The van der Waals surface area contributed by atoms with Gasteiger partial charge in [0.05, 0.1) is 17.5 Å². The van der Waals surface area contributed by atoms with Gasteiger partial charge in [-0.25, -0.2) is 13.1 Å². The summed E-state index contributed by atoms with van der Waals surface area (Å²) in [7, 11) is -2.32. The van der Waals surface area contributed by atoms with Gasteiger partial charge in [-0.2, -0.15) is 0 Å². The molecule has 6 nitrogen and oxygen atoms in total. The summed E-state index contributed by atoms with van der Waals surface area (Å²) in [5.41, 5.74) is 1.95. The largest absolute Gasteiger partial charge is 0.493 e. The van der Waals surface area contributed by atoms with Gasteiger partial charge in [0.15, 0.2) is 0 Å². The lowest BCUT2D eigenvalue weighted by Crippen LogP contribution is -2.32. The molecule has 0 bridgehead atoms. The van der Waals surface area contributed by atoms with E-state index in [1.165, 1.54) is 30.5 Å². The van der Waals surface area contributed by atoms with Gasteiger partial charge in [0.25, 0.3) is 5.91 Å². The zero-order chi connectivity index (χ0) is 20.4. The number of ether oxygens (including phenoxy) is 1. The molecule has 2 heterocycles. The summed E-state index contributed by atoms with van der Waals surface area (Å²) in [5.74, 6) is 0.442. The molecule has 1 atom stereocenters. The maximum atomic E-state index is 13.2. The van der Waals surface area contributed by atoms with E-state index < -0.39 is 10.0 Å². The van der Waals surface area contributed by atoms with Gasteiger partial charge in [0.1, 0.15) is 5.75 Å². The van der Waals surface area contributed by atoms with Crippen LogP contribution in [0.2, 0.25) is 0 Å². The lowest BCUT2D eigenvalue weighted by atomic mass is 9.99. The fourth-order valence-corrected chi connectivity index (χ4v) is 4.89. The van der Waals surface area contributed by atoms with E-state index in [1.54, 1.807) is 6.07 Å². The number of carbonyl (C=O) groups is 1. The number of carbonyl (C=O) groups excluding carboxylic acids is 1. The molecular formula is C21H20N2O4S2. The third-order valence-electron chi connectivity index (χ3n) is 4.87. The van der Waals surface area contributed by atoms with Crippen LogP contribution in [0.3, 0.4) is 0 Å². The van der Waals surface area contributed by atoms with Crippen LogP contribution in [-0.4, -0.2) is 28.0 Å². The molecular weight excluding hydrogens is 408 g/mol. The topological polar surface area (TPSA) is 84.5 Å². The van der Waals surface area contributed by atoms with Crippen LogP contribution in [0.1, 0.15) is 28.4 Å². The second-order valence-electron chi connectivity index (χ2n) is 6.59. The van der Waals surface area contributed by atoms with Crippen LogP contribution in [0.4, 0.5) is 0 Å². The van der Waals surface area contributed by atoms with E-state index in [0.717, 1.165) is 16.2 Å². The van der Waals surface area contributed by atoms with Crippen LogP contribution in [0, 0.1) is 0 Å². The number of hydrogen-bond acceptors (Lipinski definition) is 5. The lowest BCUT2D eigenvalue weighted by molar-refractivity contribution is 0.0925. The quantitative estimate of drug-likeness (QED) is 0.651. The molecule has 1 aliphatic heterocycles. The average molecular weight is 429 g/mol. The van der Waals surface area contributed by atoms with Crippen molar-refractivity contribution < 1.29 is 17.9 Å². The second-order valence-corrected chi connectivity index (χ2v) is 9.43. The Bertz CT molecular complexity index is 1140. The van der Waals surface area contributed by atoms with Gasteiger partial charge in [-0.05, 0) is 36.7 Å². The highest BCUT2D eigenvalue weighted by Crippen LogP contribution is 2.33. The standard InChI is InChI=1S/C21H20N2O4S2/c1-22-29(25,26)14-8-9-15(20-7-4-12-28-20)17(13-14)21(24)23-18-10-11-27-19-6-3-2-5-16(18)19/h2-9,12-13,18,22H,10-11H2,1H3,(H,23,24)/t18-/m1/s1. The first-order valence-electron chi connectivity index (χ1n) is 9.13. The fraction of sp³-hybridized carbons (Fsp3) is 0.190. The first-order chi connectivity index (χ1) is 14.0. The van der Waals surface area contributed by atoms with Crippen molar-refractivity contribution in [3.63, 3.8) is 0 Å². The summed E-state index contributed by atoms with van der Waals surface area (Å²) in [6.07, 6.45) is 0.644. The summed E-state index contributed by atoms with van der Waals surface area (Å²) < 4.78 is 32.5. The van der Waals surface area contributed by atoms with Crippen LogP contribution >= 0.6 is 11.3 Å². The lowest BCUT2D eigenvalue weighted by Gasteiger charge is -2.27. The summed E-state index contributed by atoms with van der Waals surface area (Å²) in [4.78, 5) is 14.2. The van der Waals surface area contributed by atoms with E-state index in [9.17, 15) is 13.2 Å². The molecule has 0 aliphatic carbocycles. The Morgan fingerprint density at radius 1 is 1.14 bits per heavy atom. The minimum Gasteiger partial charge on any atom is -0.493 e. The summed E-state index contributed by atoms with van der Waals surface area (Å²) in [6.45, 7) is 0.508. The normalized spacial score (nSPS) is 16.0. The molecule has 0 radical (unpaired) electrons. The monoisotopic (exact) mass is 428 g/mol. The number of rotatable bonds is 5. The third-order valence-corrected chi connectivity index (χ3v) is 7.18. The molecule has 8 heteroatoms. The first kappa shape index (κ1) is 19.6. The number of sulfonamides is 1. The SMILES string of the molecule is CNS(=O)(=O)c1ccc(-c2cccs2)c(C(=O)N[C@@H]2CCOc3ccccc32)c1. The molecule has 0 spiro atoms. The van der Waals surface area contributed by atoms with Crippen LogP contribution < -0.4 is 14.8 Å². The number of hydrogen-bond donors (Lipinski definition) is 2. The molecule has 0 saturated heterocycles. The Kier molecular flexibility index (Phi) is 5.40. The molecule has 150 valence electrons. The van der Waals surface area contributed by atoms with Crippen molar-refractivity contribution in [1.82, 2.24) is 10.0 Å². The average Bonchev–Trinajstić information content (AvgIpc) is 3.28. The van der Waals surface area contributed by atoms with E-state index in [4.69, 9.17) is 4.74 Å². The predicted molar refractivity (Wildman–Crippen MR) is 113 cm³/mol. The van der Waals surface area contributed by atoms with E-state index >= 15 is 0 Å². The number of para-hydroxylation sites is 1. The molecule has 1 aliphatic rings. The van der Waals surface area contributed by atoms with E-state index in [0.29, 0.717) is 24.2 Å². The van der Waals surface area contributed by atoms with Crippen LogP contribution in [0.5, 0.6) is 5.75 Å². The smallest absolute Gasteiger partial charge is 0.252 e. The van der Waals surface area contributed by atoms with E-state index in [-0.39, 0.29) is 16.8 Å². The molecule has 3 aromatic rings. The molecule has 1 amide bonds. The first-order valence-corrected chi connectivity index (χ1v) is 11.5. The zero-order valence-corrected chi connectivity index (χ0v) is 17.3. The molecule has 4 rings (SSSR count). The van der Waals surface area contributed by atoms with Crippen molar-refractivity contribution >= 4 is 27.3 Å². The molecule has 29 heavy (non-hydrogen) atoms. The number of nitrogens with one attached hydrogen (secondary N) is 2. The van der Waals surface area contributed by atoms with Crippen LogP contribution in [0.15, 0.2) is 64.9 Å². The molecule has 0 saturated carbocycles.